The van der Waals surface area contributed by atoms with Gasteiger partial charge in [0.15, 0.2) is 0 Å². The third-order valence-corrected chi connectivity index (χ3v) is 3.97. The molecule has 0 amide bonds. The van der Waals surface area contributed by atoms with Crippen LogP contribution in [0.2, 0.25) is 0 Å². The van der Waals surface area contributed by atoms with Gasteiger partial charge in [-0.15, -0.1) is 0 Å². The SMILES string of the molecule is CC(C)c1nc2c(c(=O)[nH]1)CN(Cc1ccc(CO)o1)CC2. The van der Waals surface area contributed by atoms with Crippen LogP contribution in [0.25, 0.3) is 0 Å². The standard InChI is InChI=1S/C16H21N3O3/c1-10(2)15-17-14-5-6-19(8-13(14)16(21)18-15)7-11-3-4-12(9-20)22-11/h3-4,10,20H,5-9H2,1-2H3,(H,17,18,21). The van der Waals surface area contributed by atoms with E-state index in [0.29, 0.717) is 18.8 Å². The predicted molar refractivity (Wildman–Crippen MR) is 81.4 cm³/mol. The summed E-state index contributed by atoms with van der Waals surface area (Å²) in [5.74, 6) is 2.34. The fourth-order valence-electron chi connectivity index (χ4n) is 2.72. The molecule has 0 atom stereocenters. The van der Waals surface area contributed by atoms with Crippen LogP contribution in [-0.2, 0) is 26.1 Å². The molecule has 0 aromatic carbocycles. The number of hydrogen-bond acceptors (Lipinski definition) is 5. The highest BCUT2D eigenvalue weighted by Gasteiger charge is 2.22. The lowest BCUT2D eigenvalue weighted by Crippen LogP contribution is -2.35. The van der Waals surface area contributed by atoms with Crippen molar-refractivity contribution in [3.05, 3.63) is 51.1 Å². The summed E-state index contributed by atoms with van der Waals surface area (Å²) in [6.07, 6.45) is 0.770. The predicted octanol–water partition coefficient (Wildman–Crippen LogP) is 1.54. The summed E-state index contributed by atoms with van der Waals surface area (Å²) in [4.78, 5) is 21.9. The van der Waals surface area contributed by atoms with Crippen molar-refractivity contribution in [3.63, 3.8) is 0 Å². The van der Waals surface area contributed by atoms with Gasteiger partial charge in [0.2, 0.25) is 0 Å². The zero-order chi connectivity index (χ0) is 15.7. The Morgan fingerprint density at radius 3 is 2.86 bits per heavy atom. The fourth-order valence-corrected chi connectivity index (χ4v) is 2.72. The fraction of sp³-hybridized carbons (Fsp3) is 0.500. The van der Waals surface area contributed by atoms with E-state index < -0.39 is 0 Å². The van der Waals surface area contributed by atoms with Gasteiger partial charge in [0.05, 0.1) is 17.8 Å². The number of aromatic amines is 1. The lowest BCUT2D eigenvalue weighted by Gasteiger charge is -2.27. The molecule has 0 fully saturated rings. The first-order chi connectivity index (χ1) is 10.6. The van der Waals surface area contributed by atoms with Crippen LogP contribution in [0.4, 0.5) is 0 Å². The van der Waals surface area contributed by atoms with Gasteiger partial charge in [0.25, 0.3) is 5.56 Å². The van der Waals surface area contributed by atoms with Gasteiger partial charge in [0, 0.05) is 25.4 Å². The summed E-state index contributed by atoms with van der Waals surface area (Å²) in [6, 6.07) is 3.64. The van der Waals surface area contributed by atoms with Crippen LogP contribution in [0.1, 0.15) is 48.4 Å². The number of nitrogens with zero attached hydrogens (tertiary/aromatic N) is 2. The maximum atomic E-state index is 12.3. The Kier molecular flexibility index (Phi) is 4.13. The quantitative estimate of drug-likeness (QED) is 0.895. The Hall–Kier alpha value is -1.92. The minimum atomic E-state index is -0.0929. The van der Waals surface area contributed by atoms with Crippen LogP contribution in [0.5, 0.6) is 0 Å². The molecule has 0 radical (unpaired) electrons. The number of aliphatic hydroxyl groups excluding tert-OH is 1. The van der Waals surface area contributed by atoms with Crippen molar-refractivity contribution in [2.75, 3.05) is 6.54 Å². The summed E-state index contributed by atoms with van der Waals surface area (Å²) in [5, 5.41) is 9.03. The topological polar surface area (TPSA) is 82.4 Å². The van der Waals surface area contributed by atoms with Crippen LogP contribution in [0.3, 0.4) is 0 Å². The molecule has 0 bridgehead atoms. The number of H-pyrrole nitrogens is 1. The molecule has 2 aromatic rings. The van der Waals surface area contributed by atoms with E-state index in [1.54, 1.807) is 6.07 Å². The summed E-state index contributed by atoms with van der Waals surface area (Å²) in [5.41, 5.74) is 1.64. The number of hydrogen-bond donors (Lipinski definition) is 2. The summed E-state index contributed by atoms with van der Waals surface area (Å²) >= 11 is 0. The zero-order valence-corrected chi connectivity index (χ0v) is 12.9. The number of fused-ring (bicyclic) bond motifs is 1. The molecule has 0 unspecified atom stereocenters. The van der Waals surface area contributed by atoms with Crippen molar-refractivity contribution in [3.8, 4) is 0 Å². The first kappa shape index (κ1) is 15.0. The number of aromatic nitrogens is 2. The molecule has 1 aliphatic heterocycles. The molecule has 6 heteroatoms. The molecule has 0 saturated carbocycles. The molecule has 1 aliphatic rings. The molecule has 2 N–H and O–H groups in total. The number of furan rings is 1. The van der Waals surface area contributed by atoms with E-state index in [1.165, 1.54) is 0 Å². The highest BCUT2D eigenvalue weighted by Crippen LogP contribution is 2.19. The second-order valence-corrected chi connectivity index (χ2v) is 6.02. The second-order valence-electron chi connectivity index (χ2n) is 6.02. The van der Waals surface area contributed by atoms with E-state index in [-0.39, 0.29) is 18.1 Å². The van der Waals surface area contributed by atoms with E-state index in [0.717, 1.165) is 35.8 Å². The van der Waals surface area contributed by atoms with Crippen LogP contribution in [0, 0.1) is 0 Å². The third-order valence-electron chi connectivity index (χ3n) is 3.97. The average Bonchev–Trinajstić information content (AvgIpc) is 2.95. The monoisotopic (exact) mass is 303 g/mol. The van der Waals surface area contributed by atoms with Crippen molar-refractivity contribution in [1.82, 2.24) is 14.9 Å². The Morgan fingerprint density at radius 2 is 2.18 bits per heavy atom. The average molecular weight is 303 g/mol. The van der Waals surface area contributed by atoms with E-state index in [2.05, 4.69) is 14.9 Å². The minimum absolute atomic E-state index is 0.0334. The Morgan fingerprint density at radius 1 is 1.41 bits per heavy atom. The lowest BCUT2D eigenvalue weighted by molar-refractivity contribution is 0.206. The third kappa shape index (κ3) is 2.98. The second kappa shape index (κ2) is 6.06. The Balaban J connectivity index is 1.77. The van der Waals surface area contributed by atoms with Crippen LogP contribution < -0.4 is 5.56 Å². The van der Waals surface area contributed by atoms with E-state index in [1.807, 2.05) is 19.9 Å². The van der Waals surface area contributed by atoms with Gasteiger partial charge in [-0.25, -0.2) is 4.98 Å². The summed E-state index contributed by atoms with van der Waals surface area (Å²) in [6.45, 7) is 6.00. The van der Waals surface area contributed by atoms with Crippen molar-refractivity contribution in [1.29, 1.82) is 0 Å². The highest BCUT2D eigenvalue weighted by atomic mass is 16.4. The zero-order valence-electron chi connectivity index (χ0n) is 12.9. The summed E-state index contributed by atoms with van der Waals surface area (Å²) < 4.78 is 5.51. The first-order valence-electron chi connectivity index (χ1n) is 7.59. The van der Waals surface area contributed by atoms with Crippen molar-refractivity contribution < 1.29 is 9.52 Å². The highest BCUT2D eigenvalue weighted by molar-refractivity contribution is 5.22. The van der Waals surface area contributed by atoms with Crippen molar-refractivity contribution in [2.24, 2.45) is 0 Å². The van der Waals surface area contributed by atoms with Gasteiger partial charge < -0.3 is 14.5 Å². The molecule has 0 saturated heterocycles. The van der Waals surface area contributed by atoms with E-state index in [9.17, 15) is 4.79 Å². The molecule has 0 spiro atoms. The molecule has 0 aliphatic carbocycles. The maximum Gasteiger partial charge on any atom is 0.255 e. The molecule has 118 valence electrons. The minimum Gasteiger partial charge on any atom is -0.462 e. The first-order valence-corrected chi connectivity index (χ1v) is 7.59. The van der Waals surface area contributed by atoms with Gasteiger partial charge in [-0.3, -0.25) is 9.69 Å². The molecule has 3 heterocycles. The van der Waals surface area contributed by atoms with Gasteiger partial charge in [-0.2, -0.15) is 0 Å². The van der Waals surface area contributed by atoms with Crippen LogP contribution in [0.15, 0.2) is 21.3 Å². The van der Waals surface area contributed by atoms with Crippen molar-refractivity contribution in [2.45, 2.75) is 45.9 Å². The van der Waals surface area contributed by atoms with Gasteiger partial charge >= 0.3 is 0 Å². The van der Waals surface area contributed by atoms with Crippen LogP contribution in [-0.4, -0.2) is 26.5 Å². The van der Waals surface area contributed by atoms with Crippen LogP contribution >= 0.6 is 0 Å². The van der Waals surface area contributed by atoms with Gasteiger partial charge in [-0.1, -0.05) is 13.8 Å². The normalized spacial score (nSPS) is 15.3. The molecule has 2 aromatic heterocycles. The number of nitrogens with one attached hydrogen (secondary N) is 1. The molecule has 22 heavy (non-hydrogen) atoms. The smallest absolute Gasteiger partial charge is 0.255 e. The summed E-state index contributed by atoms with van der Waals surface area (Å²) in [7, 11) is 0. The Bertz CT molecular complexity index is 718. The van der Waals surface area contributed by atoms with Crippen molar-refractivity contribution >= 4 is 0 Å². The maximum absolute atomic E-state index is 12.3. The lowest BCUT2D eigenvalue weighted by atomic mass is 10.1. The van der Waals surface area contributed by atoms with E-state index in [4.69, 9.17) is 9.52 Å². The largest absolute Gasteiger partial charge is 0.462 e. The van der Waals surface area contributed by atoms with E-state index >= 15 is 0 Å². The molecule has 3 rings (SSSR count). The molecule has 6 nitrogen and oxygen atoms in total. The molecular weight excluding hydrogens is 282 g/mol. The molecular formula is C16H21N3O3. The van der Waals surface area contributed by atoms with Gasteiger partial charge in [-0.05, 0) is 12.1 Å². The Labute approximate surface area is 128 Å². The number of rotatable bonds is 4. The number of aliphatic hydroxyl groups is 1. The van der Waals surface area contributed by atoms with Gasteiger partial charge in [0.1, 0.15) is 24.0 Å².